The molecular weight excluding hydrogens is 280 g/mol. The second-order valence-electron chi connectivity index (χ2n) is 4.40. The standard InChI is InChI=1S/C11H18N6O2S/c1-2-13-10(19)14-9(18)6-20-11-16-15-8(5-12)17(11)7-3-4-7/h7H,2-6,12H2,1H3,(H2,13,14,18,19). The van der Waals surface area contributed by atoms with Crippen molar-refractivity contribution in [3.8, 4) is 0 Å². The van der Waals surface area contributed by atoms with Crippen molar-refractivity contribution in [3.05, 3.63) is 5.82 Å². The van der Waals surface area contributed by atoms with Gasteiger partial charge in [0.25, 0.3) is 0 Å². The van der Waals surface area contributed by atoms with Gasteiger partial charge in [-0.25, -0.2) is 4.79 Å². The van der Waals surface area contributed by atoms with E-state index >= 15 is 0 Å². The molecule has 8 nitrogen and oxygen atoms in total. The quantitative estimate of drug-likeness (QED) is 0.637. The van der Waals surface area contributed by atoms with Crippen molar-refractivity contribution in [1.82, 2.24) is 25.4 Å². The molecule has 0 aromatic carbocycles. The predicted molar refractivity (Wildman–Crippen MR) is 74.1 cm³/mol. The summed E-state index contributed by atoms with van der Waals surface area (Å²) in [4.78, 5) is 22.8. The van der Waals surface area contributed by atoms with Crippen LogP contribution in [-0.2, 0) is 11.3 Å². The van der Waals surface area contributed by atoms with Gasteiger partial charge in [-0.15, -0.1) is 10.2 Å². The summed E-state index contributed by atoms with van der Waals surface area (Å²) >= 11 is 1.26. The molecule has 1 aliphatic carbocycles. The molecule has 3 amide bonds. The van der Waals surface area contributed by atoms with Gasteiger partial charge in [-0.3, -0.25) is 10.1 Å². The molecule has 9 heteroatoms. The first-order chi connectivity index (χ1) is 9.65. The summed E-state index contributed by atoms with van der Waals surface area (Å²) in [7, 11) is 0. The van der Waals surface area contributed by atoms with Crippen molar-refractivity contribution in [2.24, 2.45) is 5.73 Å². The highest BCUT2D eigenvalue weighted by atomic mass is 32.2. The van der Waals surface area contributed by atoms with Crippen LogP contribution in [0.5, 0.6) is 0 Å². The summed E-state index contributed by atoms with van der Waals surface area (Å²) in [6.07, 6.45) is 2.17. The summed E-state index contributed by atoms with van der Waals surface area (Å²) in [5.41, 5.74) is 5.62. The third kappa shape index (κ3) is 3.70. The van der Waals surface area contributed by atoms with Crippen LogP contribution in [0.4, 0.5) is 4.79 Å². The smallest absolute Gasteiger partial charge is 0.321 e. The van der Waals surface area contributed by atoms with Crippen LogP contribution in [0, 0.1) is 0 Å². The highest BCUT2D eigenvalue weighted by Gasteiger charge is 2.29. The van der Waals surface area contributed by atoms with Crippen LogP contribution < -0.4 is 16.4 Å². The Hall–Kier alpha value is -1.61. The lowest BCUT2D eigenvalue weighted by molar-refractivity contribution is -0.117. The van der Waals surface area contributed by atoms with Gasteiger partial charge in [0.2, 0.25) is 5.91 Å². The summed E-state index contributed by atoms with van der Waals surface area (Å²) in [6.45, 7) is 2.59. The van der Waals surface area contributed by atoms with E-state index in [4.69, 9.17) is 5.73 Å². The van der Waals surface area contributed by atoms with Gasteiger partial charge < -0.3 is 15.6 Å². The van der Waals surface area contributed by atoms with Crippen LogP contribution in [-0.4, -0.2) is 39.0 Å². The number of carbonyl (C=O) groups is 2. The Kier molecular flexibility index (Phi) is 4.96. The van der Waals surface area contributed by atoms with Gasteiger partial charge in [-0.2, -0.15) is 0 Å². The third-order valence-corrected chi connectivity index (χ3v) is 3.70. The zero-order valence-corrected chi connectivity index (χ0v) is 12.1. The molecule has 0 bridgehead atoms. The number of hydrogen-bond donors (Lipinski definition) is 3. The maximum absolute atomic E-state index is 11.6. The first-order valence-electron chi connectivity index (χ1n) is 6.50. The zero-order chi connectivity index (χ0) is 14.5. The number of thioether (sulfide) groups is 1. The van der Waals surface area contributed by atoms with Crippen molar-refractivity contribution < 1.29 is 9.59 Å². The molecule has 1 aliphatic rings. The molecule has 0 radical (unpaired) electrons. The monoisotopic (exact) mass is 298 g/mol. The van der Waals surface area contributed by atoms with E-state index in [1.807, 2.05) is 4.57 Å². The van der Waals surface area contributed by atoms with Crippen molar-refractivity contribution in [2.75, 3.05) is 12.3 Å². The van der Waals surface area contributed by atoms with Crippen LogP contribution >= 0.6 is 11.8 Å². The van der Waals surface area contributed by atoms with Gasteiger partial charge in [0.1, 0.15) is 5.82 Å². The van der Waals surface area contributed by atoms with Gasteiger partial charge in [0.05, 0.1) is 12.3 Å². The fourth-order valence-corrected chi connectivity index (χ4v) is 2.57. The predicted octanol–water partition coefficient (Wildman–Crippen LogP) is 0.00950. The van der Waals surface area contributed by atoms with Gasteiger partial charge in [-0.1, -0.05) is 11.8 Å². The molecule has 1 aromatic heterocycles. The number of imide groups is 1. The fraction of sp³-hybridized carbons (Fsp3) is 0.636. The van der Waals surface area contributed by atoms with Crippen molar-refractivity contribution >= 4 is 23.7 Å². The Labute approximate surface area is 120 Å². The Morgan fingerprint density at radius 3 is 2.80 bits per heavy atom. The van der Waals surface area contributed by atoms with E-state index in [0.29, 0.717) is 24.3 Å². The van der Waals surface area contributed by atoms with Crippen molar-refractivity contribution in [2.45, 2.75) is 37.5 Å². The minimum atomic E-state index is -0.482. The average molecular weight is 298 g/mol. The van der Waals surface area contributed by atoms with Crippen LogP contribution in [0.1, 0.15) is 31.6 Å². The van der Waals surface area contributed by atoms with E-state index < -0.39 is 6.03 Å². The number of carbonyl (C=O) groups excluding carboxylic acids is 2. The lowest BCUT2D eigenvalue weighted by Gasteiger charge is -2.07. The zero-order valence-electron chi connectivity index (χ0n) is 11.3. The summed E-state index contributed by atoms with van der Waals surface area (Å²) < 4.78 is 1.99. The molecule has 110 valence electrons. The maximum Gasteiger partial charge on any atom is 0.321 e. The summed E-state index contributed by atoms with van der Waals surface area (Å²) in [6, 6.07) is -0.0816. The van der Waals surface area contributed by atoms with Gasteiger partial charge >= 0.3 is 6.03 Å². The highest BCUT2D eigenvalue weighted by Crippen LogP contribution is 2.38. The van der Waals surface area contributed by atoms with Gasteiger partial charge in [-0.05, 0) is 19.8 Å². The number of nitrogens with zero attached hydrogens (tertiary/aromatic N) is 3. The molecule has 0 spiro atoms. The summed E-state index contributed by atoms with van der Waals surface area (Å²) in [5, 5.41) is 13.5. The average Bonchev–Trinajstić information content (AvgIpc) is 3.16. The number of hydrogen-bond acceptors (Lipinski definition) is 6. The number of urea groups is 1. The van der Waals surface area contributed by atoms with Crippen LogP contribution in [0.3, 0.4) is 0 Å². The highest BCUT2D eigenvalue weighted by molar-refractivity contribution is 7.99. The Bertz CT molecular complexity index is 499. The lowest BCUT2D eigenvalue weighted by atomic mass is 10.5. The molecule has 0 saturated heterocycles. The van der Waals surface area contributed by atoms with E-state index in [-0.39, 0.29) is 11.7 Å². The molecule has 1 aromatic rings. The Morgan fingerprint density at radius 2 is 2.20 bits per heavy atom. The molecule has 0 unspecified atom stereocenters. The fourth-order valence-electron chi connectivity index (χ4n) is 1.74. The minimum absolute atomic E-state index is 0.118. The maximum atomic E-state index is 11.6. The molecule has 1 heterocycles. The van der Waals surface area contributed by atoms with E-state index in [2.05, 4.69) is 20.8 Å². The van der Waals surface area contributed by atoms with Crippen LogP contribution in [0.15, 0.2) is 5.16 Å². The van der Waals surface area contributed by atoms with E-state index in [9.17, 15) is 9.59 Å². The number of nitrogens with one attached hydrogen (secondary N) is 2. The second kappa shape index (κ2) is 6.71. The lowest BCUT2D eigenvalue weighted by Crippen LogP contribution is -2.40. The third-order valence-electron chi connectivity index (χ3n) is 2.75. The molecule has 2 rings (SSSR count). The van der Waals surface area contributed by atoms with E-state index in [0.717, 1.165) is 18.7 Å². The minimum Gasteiger partial charge on any atom is -0.338 e. The number of amides is 3. The van der Waals surface area contributed by atoms with Crippen molar-refractivity contribution in [1.29, 1.82) is 0 Å². The van der Waals surface area contributed by atoms with Crippen molar-refractivity contribution in [3.63, 3.8) is 0 Å². The number of aromatic nitrogens is 3. The van der Waals surface area contributed by atoms with E-state index in [1.165, 1.54) is 11.8 Å². The first kappa shape index (κ1) is 14.8. The van der Waals surface area contributed by atoms with Gasteiger partial charge in [0, 0.05) is 12.6 Å². The molecule has 20 heavy (non-hydrogen) atoms. The first-order valence-corrected chi connectivity index (χ1v) is 7.48. The SMILES string of the molecule is CCNC(=O)NC(=O)CSc1nnc(CN)n1C1CC1. The summed E-state index contributed by atoms with van der Waals surface area (Å²) in [5.74, 6) is 0.492. The van der Waals surface area contributed by atoms with E-state index in [1.54, 1.807) is 6.92 Å². The van der Waals surface area contributed by atoms with Crippen LogP contribution in [0.25, 0.3) is 0 Å². The largest absolute Gasteiger partial charge is 0.338 e. The number of rotatable bonds is 6. The molecule has 1 fully saturated rings. The second-order valence-corrected chi connectivity index (χ2v) is 5.34. The topological polar surface area (TPSA) is 115 Å². The Balaban J connectivity index is 1.89. The molecule has 0 aliphatic heterocycles. The Morgan fingerprint density at radius 1 is 1.45 bits per heavy atom. The van der Waals surface area contributed by atoms with Crippen LogP contribution in [0.2, 0.25) is 0 Å². The molecule has 4 N–H and O–H groups in total. The van der Waals surface area contributed by atoms with Gasteiger partial charge in [0.15, 0.2) is 5.16 Å². The molecule has 1 saturated carbocycles. The molecular formula is C11H18N6O2S. The normalized spacial score (nSPS) is 14.1. The molecule has 0 atom stereocenters. The number of nitrogens with two attached hydrogens (primary N) is 1.